The summed E-state index contributed by atoms with van der Waals surface area (Å²) in [5.41, 5.74) is 0.520. The zero-order chi connectivity index (χ0) is 18.0. The maximum absolute atomic E-state index is 12.1. The lowest BCUT2D eigenvalue weighted by molar-refractivity contribution is -0.274. The van der Waals surface area contributed by atoms with Crippen molar-refractivity contribution in [1.82, 2.24) is 9.29 Å². The van der Waals surface area contributed by atoms with Gasteiger partial charge in [-0.3, -0.25) is 0 Å². The van der Waals surface area contributed by atoms with Crippen LogP contribution in [0.2, 0.25) is 0 Å². The third-order valence-corrected chi connectivity index (χ3v) is 4.60. The summed E-state index contributed by atoms with van der Waals surface area (Å²) in [6.45, 7) is -0.277. The molecule has 132 valence electrons. The minimum atomic E-state index is -4.85. The Labute approximate surface area is 136 Å². The van der Waals surface area contributed by atoms with Crippen LogP contribution in [0.1, 0.15) is 11.8 Å². The van der Waals surface area contributed by atoms with Crippen LogP contribution in [0.5, 0.6) is 5.75 Å². The lowest BCUT2D eigenvalue weighted by atomic mass is 10.2. The van der Waals surface area contributed by atoms with E-state index in [4.69, 9.17) is 0 Å². The Morgan fingerprint density at radius 2 is 1.88 bits per heavy atom. The zero-order valence-corrected chi connectivity index (χ0v) is 13.3. The summed E-state index contributed by atoms with van der Waals surface area (Å²) >= 11 is 0. The van der Waals surface area contributed by atoms with E-state index in [-0.39, 0.29) is 11.4 Å². The number of sulfonamides is 1. The van der Waals surface area contributed by atoms with Crippen molar-refractivity contribution in [2.75, 3.05) is 6.54 Å². The topological polar surface area (TPSA) is 80.6 Å². The van der Waals surface area contributed by atoms with Crippen molar-refractivity contribution in [2.45, 2.75) is 17.4 Å². The first-order valence-corrected chi connectivity index (χ1v) is 8.21. The molecule has 0 radical (unpaired) electrons. The van der Waals surface area contributed by atoms with Crippen LogP contribution in [-0.2, 0) is 17.1 Å². The Bertz CT molecular complexity index is 785. The summed E-state index contributed by atoms with van der Waals surface area (Å²) in [5.74, 6) is -0.523. The fourth-order valence-electron chi connectivity index (χ4n) is 2.02. The van der Waals surface area contributed by atoms with Gasteiger partial charge in [0.15, 0.2) is 0 Å². The number of nitrogens with one attached hydrogen (secondary N) is 1. The summed E-state index contributed by atoms with van der Waals surface area (Å²) in [5, 5.41) is 9.98. The highest BCUT2D eigenvalue weighted by atomic mass is 32.2. The second-order valence-corrected chi connectivity index (χ2v) is 6.70. The SMILES string of the molecule is Cn1cccc1[C@H](O)CNS(=O)(=O)c1ccc(OC(F)(F)F)cc1. The highest BCUT2D eigenvalue weighted by Crippen LogP contribution is 2.24. The minimum Gasteiger partial charge on any atom is -0.406 e. The molecule has 0 saturated carbocycles. The van der Waals surface area contributed by atoms with Gasteiger partial charge >= 0.3 is 6.36 Å². The van der Waals surface area contributed by atoms with Crippen LogP contribution in [0.25, 0.3) is 0 Å². The number of nitrogens with zero attached hydrogens (tertiary/aromatic N) is 1. The number of hydrogen-bond donors (Lipinski definition) is 2. The van der Waals surface area contributed by atoms with Crippen molar-refractivity contribution < 1.29 is 31.4 Å². The summed E-state index contributed by atoms with van der Waals surface area (Å²) < 4.78 is 67.9. The molecule has 1 aromatic heterocycles. The highest BCUT2D eigenvalue weighted by Gasteiger charge is 2.31. The predicted octanol–water partition coefficient (Wildman–Crippen LogP) is 1.94. The molecule has 1 atom stereocenters. The molecule has 0 spiro atoms. The summed E-state index contributed by atoms with van der Waals surface area (Å²) in [6.07, 6.45) is -4.21. The van der Waals surface area contributed by atoms with Crippen LogP contribution in [0.3, 0.4) is 0 Å². The molecule has 10 heteroatoms. The third-order valence-electron chi connectivity index (χ3n) is 3.16. The number of aromatic nitrogens is 1. The van der Waals surface area contributed by atoms with Gasteiger partial charge in [0.05, 0.1) is 4.90 Å². The lowest BCUT2D eigenvalue weighted by Crippen LogP contribution is -2.29. The molecular weight excluding hydrogens is 349 g/mol. The fourth-order valence-corrected chi connectivity index (χ4v) is 3.06. The largest absolute Gasteiger partial charge is 0.573 e. The predicted molar refractivity (Wildman–Crippen MR) is 78.7 cm³/mol. The molecular formula is C14H15F3N2O4S. The van der Waals surface area contributed by atoms with Crippen LogP contribution in [0.4, 0.5) is 13.2 Å². The normalized spacial score (nSPS) is 13.7. The molecule has 0 unspecified atom stereocenters. The molecule has 1 aromatic carbocycles. The number of aliphatic hydroxyl groups is 1. The van der Waals surface area contributed by atoms with E-state index in [1.807, 2.05) is 0 Å². The van der Waals surface area contributed by atoms with Gasteiger partial charge in [0.25, 0.3) is 0 Å². The maximum atomic E-state index is 12.1. The van der Waals surface area contributed by atoms with Crippen molar-refractivity contribution in [3.8, 4) is 5.75 Å². The fraction of sp³-hybridized carbons (Fsp3) is 0.286. The first-order chi connectivity index (χ1) is 11.1. The molecule has 0 aliphatic heterocycles. The Morgan fingerprint density at radius 1 is 1.25 bits per heavy atom. The van der Waals surface area contributed by atoms with Gasteiger partial charge in [-0.05, 0) is 36.4 Å². The standard InChI is InChI=1S/C14H15F3N2O4S/c1-19-8-2-3-12(19)13(20)9-18-24(21,22)11-6-4-10(5-7-11)23-14(15,16)17/h2-8,13,18,20H,9H2,1H3/t13-/m1/s1. The molecule has 6 nitrogen and oxygen atoms in total. The number of aliphatic hydroxyl groups excluding tert-OH is 1. The number of aryl methyl sites for hydroxylation is 1. The Morgan fingerprint density at radius 3 is 2.38 bits per heavy atom. The average molecular weight is 364 g/mol. The number of benzene rings is 1. The monoisotopic (exact) mass is 364 g/mol. The average Bonchev–Trinajstić information content (AvgIpc) is 2.90. The van der Waals surface area contributed by atoms with E-state index in [2.05, 4.69) is 9.46 Å². The van der Waals surface area contributed by atoms with E-state index >= 15 is 0 Å². The van der Waals surface area contributed by atoms with Gasteiger partial charge in [0, 0.05) is 25.5 Å². The van der Waals surface area contributed by atoms with Gasteiger partial charge in [-0.25, -0.2) is 13.1 Å². The van der Waals surface area contributed by atoms with Crippen molar-refractivity contribution in [1.29, 1.82) is 0 Å². The molecule has 2 aromatic rings. The molecule has 0 amide bonds. The van der Waals surface area contributed by atoms with Gasteiger partial charge in [-0.2, -0.15) is 0 Å². The van der Waals surface area contributed by atoms with E-state index < -0.39 is 28.2 Å². The lowest BCUT2D eigenvalue weighted by Gasteiger charge is -2.14. The molecule has 0 aliphatic rings. The Hall–Kier alpha value is -2.04. The van der Waals surface area contributed by atoms with Gasteiger partial charge in [-0.15, -0.1) is 13.2 Å². The molecule has 0 saturated heterocycles. The van der Waals surface area contributed by atoms with E-state index in [0.717, 1.165) is 24.3 Å². The zero-order valence-electron chi connectivity index (χ0n) is 12.5. The number of halogens is 3. The third kappa shape index (κ3) is 4.73. The maximum Gasteiger partial charge on any atom is 0.573 e. The molecule has 0 bridgehead atoms. The molecule has 24 heavy (non-hydrogen) atoms. The smallest absolute Gasteiger partial charge is 0.406 e. The second-order valence-electron chi connectivity index (χ2n) is 4.93. The van der Waals surface area contributed by atoms with Crippen LogP contribution in [0.15, 0.2) is 47.5 Å². The minimum absolute atomic E-state index is 0.240. The second kappa shape index (κ2) is 6.83. The number of rotatable bonds is 6. The van der Waals surface area contributed by atoms with Crippen LogP contribution in [0, 0.1) is 0 Å². The van der Waals surface area contributed by atoms with E-state index in [1.165, 1.54) is 0 Å². The van der Waals surface area contributed by atoms with Crippen LogP contribution < -0.4 is 9.46 Å². The van der Waals surface area contributed by atoms with Gasteiger partial charge < -0.3 is 14.4 Å². The van der Waals surface area contributed by atoms with Gasteiger partial charge in [0.1, 0.15) is 11.9 Å². The number of alkyl halides is 3. The Balaban J connectivity index is 2.03. The van der Waals surface area contributed by atoms with Crippen molar-refractivity contribution in [3.05, 3.63) is 48.3 Å². The summed E-state index contributed by atoms with van der Waals surface area (Å²) in [6, 6.07) is 7.11. The Kier molecular flexibility index (Phi) is 5.21. The van der Waals surface area contributed by atoms with Crippen LogP contribution in [-0.4, -0.2) is 31.0 Å². The number of hydrogen-bond acceptors (Lipinski definition) is 4. The summed E-state index contributed by atoms with van der Waals surface area (Å²) in [4.78, 5) is -0.240. The van der Waals surface area contributed by atoms with E-state index in [9.17, 15) is 26.7 Å². The van der Waals surface area contributed by atoms with Crippen molar-refractivity contribution in [3.63, 3.8) is 0 Å². The molecule has 0 fully saturated rings. The summed E-state index contributed by atoms with van der Waals surface area (Å²) in [7, 11) is -2.27. The van der Waals surface area contributed by atoms with E-state index in [1.54, 1.807) is 29.9 Å². The highest BCUT2D eigenvalue weighted by molar-refractivity contribution is 7.89. The van der Waals surface area contributed by atoms with E-state index in [0.29, 0.717) is 5.69 Å². The van der Waals surface area contributed by atoms with Crippen molar-refractivity contribution >= 4 is 10.0 Å². The first kappa shape index (κ1) is 18.3. The van der Waals surface area contributed by atoms with Gasteiger partial charge in [-0.1, -0.05) is 0 Å². The molecule has 2 rings (SSSR count). The quantitative estimate of drug-likeness (QED) is 0.821. The molecule has 1 heterocycles. The van der Waals surface area contributed by atoms with Crippen molar-refractivity contribution in [2.24, 2.45) is 7.05 Å². The first-order valence-electron chi connectivity index (χ1n) is 6.73. The van der Waals surface area contributed by atoms with Gasteiger partial charge in [0.2, 0.25) is 10.0 Å². The molecule has 0 aliphatic carbocycles. The molecule has 2 N–H and O–H groups in total. The van der Waals surface area contributed by atoms with Crippen LogP contribution >= 0.6 is 0 Å². The number of ether oxygens (including phenoxy) is 1.